The lowest BCUT2D eigenvalue weighted by Crippen LogP contribution is -2.43. The Hall–Kier alpha value is -1.73. The third-order valence-electron chi connectivity index (χ3n) is 3.74. The van der Waals surface area contributed by atoms with Gasteiger partial charge in [-0.25, -0.2) is 4.98 Å². The highest BCUT2D eigenvalue weighted by molar-refractivity contribution is 7.99. The first kappa shape index (κ1) is 20.6. The van der Waals surface area contributed by atoms with E-state index in [1.165, 1.54) is 11.8 Å². The molecule has 0 spiro atoms. The zero-order chi connectivity index (χ0) is 19.3. The van der Waals surface area contributed by atoms with Crippen molar-refractivity contribution in [1.82, 2.24) is 20.1 Å². The third kappa shape index (κ3) is 5.64. The number of amides is 1. The van der Waals surface area contributed by atoms with Crippen LogP contribution in [0.1, 0.15) is 39.1 Å². The molecular weight excluding hydrogens is 372 g/mol. The molecule has 0 fully saturated rings. The molecule has 2 aromatic rings. The van der Waals surface area contributed by atoms with E-state index in [-0.39, 0.29) is 24.6 Å². The van der Waals surface area contributed by atoms with Crippen LogP contribution in [0.4, 0.5) is 0 Å². The average Bonchev–Trinajstić information content (AvgIpc) is 3.01. The molecule has 0 aliphatic heterocycles. The monoisotopic (exact) mass is 396 g/mol. The molecule has 0 aliphatic carbocycles. The lowest BCUT2D eigenvalue weighted by Gasteiger charge is -2.30. The van der Waals surface area contributed by atoms with Gasteiger partial charge in [0.1, 0.15) is 12.4 Å². The number of thioether (sulfide) groups is 1. The first-order chi connectivity index (χ1) is 12.3. The van der Waals surface area contributed by atoms with Gasteiger partial charge >= 0.3 is 0 Å². The molecule has 0 saturated carbocycles. The van der Waals surface area contributed by atoms with Gasteiger partial charge < -0.3 is 9.64 Å². The Kier molecular flexibility index (Phi) is 7.34. The predicted octanol–water partition coefficient (Wildman–Crippen LogP) is 4.08. The molecule has 6 nitrogen and oxygen atoms in total. The second kappa shape index (κ2) is 9.28. The highest BCUT2D eigenvalue weighted by Gasteiger charge is 2.20. The van der Waals surface area contributed by atoms with Crippen LogP contribution in [0.3, 0.4) is 0 Å². The van der Waals surface area contributed by atoms with Crippen molar-refractivity contribution in [3.05, 3.63) is 34.6 Å². The Morgan fingerprint density at radius 3 is 2.62 bits per heavy atom. The predicted molar refractivity (Wildman–Crippen MR) is 105 cm³/mol. The standard InChI is InChI=1S/C18H25ClN4O2S/c1-11(2)23(12(3)4)17(24)10-26-18-20-16(21-22-18)9-25-14-6-7-15(19)13(5)8-14/h6-8,11-12H,9-10H2,1-5H3,(H,20,21,22). The molecular formula is C18H25ClN4O2S. The molecule has 1 amide bonds. The van der Waals surface area contributed by atoms with E-state index in [2.05, 4.69) is 15.2 Å². The molecule has 8 heteroatoms. The van der Waals surface area contributed by atoms with Crippen LogP contribution in [0.15, 0.2) is 23.4 Å². The summed E-state index contributed by atoms with van der Waals surface area (Å²) in [6.07, 6.45) is 0. The van der Waals surface area contributed by atoms with E-state index in [0.717, 1.165) is 11.3 Å². The number of hydrogen-bond donors (Lipinski definition) is 1. The number of aromatic nitrogens is 3. The Labute approximate surface area is 163 Å². The summed E-state index contributed by atoms with van der Waals surface area (Å²) < 4.78 is 5.69. The molecule has 2 rings (SSSR count). The van der Waals surface area contributed by atoms with Gasteiger partial charge in [-0.2, -0.15) is 0 Å². The fourth-order valence-corrected chi connectivity index (χ4v) is 3.44. The van der Waals surface area contributed by atoms with E-state index >= 15 is 0 Å². The lowest BCUT2D eigenvalue weighted by molar-refractivity contribution is -0.131. The van der Waals surface area contributed by atoms with Crippen LogP contribution in [0, 0.1) is 6.92 Å². The van der Waals surface area contributed by atoms with Gasteiger partial charge in [-0.3, -0.25) is 9.89 Å². The van der Waals surface area contributed by atoms with E-state index in [4.69, 9.17) is 16.3 Å². The highest BCUT2D eigenvalue weighted by atomic mass is 35.5. The van der Waals surface area contributed by atoms with Crippen LogP contribution >= 0.6 is 23.4 Å². The minimum atomic E-state index is 0.0826. The third-order valence-corrected chi connectivity index (χ3v) is 5.00. The highest BCUT2D eigenvalue weighted by Crippen LogP contribution is 2.22. The molecule has 0 bridgehead atoms. The van der Waals surface area contributed by atoms with E-state index in [1.54, 1.807) is 6.07 Å². The number of aromatic amines is 1. The summed E-state index contributed by atoms with van der Waals surface area (Å²) in [5.41, 5.74) is 0.955. The number of halogens is 1. The molecule has 26 heavy (non-hydrogen) atoms. The van der Waals surface area contributed by atoms with Crippen molar-refractivity contribution in [3.63, 3.8) is 0 Å². The largest absolute Gasteiger partial charge is 0.486 e. The number of nitrogens with one attached hydrogen (secondary N) is 1. The second-order valence-electron chi connectivity index (χ2n) is 6.54. The molecule has 0 atom stereocenters. The summed E-state index contributed by atoms with van der Waals surface area (Å²) in [5, 5.41) is 8.22. The summed E-state index contributed by atoms with van der Waals surface area (Å²) >= 11 is 7.33. The number of rotatable bonds is 8. The van der Waals surface area contributed by atoms with Gasteiger partial charge in [0.25, 0.3) is 0 Å². The van der Waals surface area contributed by atoms with E-state index in [1.807, 2.05) is 51.7 Å². The van der Waals surface area contributed by atoms with Crippen LogP contribution < -0.4 is 4.74 Å². The molecule has 1 aromatic heterocycles. The maximum absolute atomic E-state index is 12.4. The normalized spacial score (nSPS) is 11.2. The number of benzene rings is 1. The fraction of sp³-hybridized carbons (Fsp3) is 0.500. The molecule has 0 aliphatic rings. The molecule has 0 saturated heterocycles. The Balaban J connectivity index is 1.87. The summed E-state index contributed by atoms with van der Waals surface area (Å²) in [6, 6.07) is 5.82. The average molecular weight is 397 g/mol. The van der Waals surface area contributed by atoms with E-state index < -0.39 is 0 Å². The maximum Gasteiger partial charge on any atom is 0.233 e. The summed E-state index contributed by atoms with van der Waals surface area (Å²) in [5.74, 6) is 1.72. The van der Waals surface area contributed by atoms with Gasteiger partial charge in [0.2, 0.25) is 11.1 Å². The number of ether oxygens (including phenoxy) is 1. The first-order valence-corrected chi connectivity index (χ1v) is 9.88. The number of hydrogen-bond acceptors (Lipinski definition) is 5. The Morgan fingerprint density at radius 2 is 2.00 bits per heavy atom. The van der Waals surface area contributed by atoms with Gasteiger partial charge in [0.15, 0.2) is 5.82 Å². The molecule has 142 valence electrons. The SMILES string of the molecule is Cc1cc(OCc2nc(SCC(=O)N(C(C)C)C(C)C)n[nH]2)ccc1Cl. The van der Waals surface area contributed by atoms with E-state index in [0.29, 0.717) is 21.8 Å². The second-order valence-corrected chi connectivity index (χ2v) is 7.89. The van der Waals surface area contributed by atoms with Gasteiger partial charge in [0.05, 0.1) is 5.75 Å². The number of aryl methyl sites for hydroxylation is 1. The minimum absolute atomic E-state index is 0.0826. The molecule has 1 heterocycles. The summed E-state index contributed by atoms with van der Waals surface area (Å²) in [6.45, 7) is 10.3. The number of nitrogens with zero attached hydrogens (tertiary/aromatic N) is 3. The van der Waals surface area contributed by atoms with Crippen molar-refractivity contribution < 1.29 is 9.53 Å². The maximum atomic E-state index is 12.4. The van der Waals surface area contributed by atoms with Crippen molar-refractivity contribution in [2.45, 2.75) is 58.5 Å². The van der Waals surface area contributed by atoms with E-state index in [9.17, 15) is 4.79 Å². The lowest BCUT2D eigenvalue weighted by atomic mass is 10.2. The van der Waals surface area contributed by atoms with Crippen LogP contribution in [0.25, 0.3) is 0 Å². The van der Waals surface area contributed by atoms with Crippen molar-refractivity contribution in [2.24, 2.45) is 0 Å². The molecule has 0 unspecified atom stereocenters. The topological polar surface area (TPSA) is 71.1 Å². The van der Waals surface area contributed by atoms with Crippen LogP contribution in [0.5, 0.6) is 5.75 Å². The van der Waals surface area contributed by atoms with Gasteiger partial charge in [-0.05, 0) is 58.4 Å². The smallest absolute Gasteiger partial charge is 0.233 e. The summed E-state index contributed by atoms with van der Waals surface area (Å²) in [4.78, 5) is 18.6. The Morgan fingerprint density at radius 1 is 1.31 bits per heavy atom. The molecule has 1 aromatic carbocycles. The summed E-state index contributed by atoms with van der Waals surface area (Å²) in [7, 11) is 0. The van der Waals surface area contributed by atoms with Crippen molar-refractivity contribution >= 4 is 29.3 Å². The van der Waals surface area contributed by atoms with Crippen LogP contribution in [0.2, 0.25) is 5.02 Å². The van der Waals surface area contributed by atoms with Crippen molar-refractivity contribution in [3.8, 4) is 5.75 Å². The molecule has 1 N–H and O–H groups in total. The minimum Gasteiger partial charge on any atom is -0.486 e. The van der Waals surface area contributed by atoms with Gasteiger partial charge in [0, 0.05) is 17.1 Å². The van der Waals surface area contributed by atoms with Gasteiger partial charge in [-0.1, -0.05) is 23.4 Å². The zero-order valence-corrected chi connectivity index (χ0v) is 17.3. The fourth-order valence-electron chi connectivity index (χ4n) is 2.64. The number of carbonyl (C=O) groups excluding carboxylic acids is 1. The van der Waals surface area contributed by atoms with Crippen molar-refractivity contribution in [1.29, 1.82) is 0 Å². The zero-order valence-electron chi connectivity index (χ0n) is 15.7. The van der Waals surface area contributed by atoms with Crippen LogP contribution in [-0.4, -0.2) is 43.8 Å². The van der Waals surface area contributed by atoms with Crippen LogP contribution in [-0.2, 0) is 11.4 Å². The molecule has 0 radical (unpaired) electrons. The Bertz CT molecular complexity index is 741. The quantitative estimate of drug-likeness (QED) is 0.680. The first-order valence-electron chi connectivity index (χ1n) is 8.52. The van der Waals surface area contributed by atoms with Gasteiger partial charge in [-0.15, -0.1) is 5.10 Å². The number of H-pyrrole nitrogens is 1. The number of carbonyl (C=O) groups is 1. The van der Waals surface area contributed by atoms with Crippen molar-refractivity contribution in [2.75, 3.05) is 5.75 Å².